The van der Waals surface area contributed by atoms with Gasteiger partial charge in [0.05, 0.1) is 12.7 Å². The maximum atomic E-state index is 13.4. The second-order valence-electron chi connectivity index (χ2n) is 4.01. The highest BCUT2D eigenvalue weighted by Gasteiger charge is 2.00. The second kappa shape index (κ2) is 5.96. The molecule has 0 N–H and O–H groups in total. The summed E-state index contributed by atoms with van der Waals surface area (Å²) in [5.41, 5.74) is 1.76. The number of hydrogen-bond donors (Lipinski definition) is 0. The molecule has 0 saturated heterocycles. The van der Waals surface area contributed by atoms with E-state index < -0.39 is 5.82 Å². The number of aldehydes is 1. The Bertz CT molecular complexity index is 601. The number of benzene rings is 2. The normalized spacial score (nSPS) is 10.6. The molecule has 2 aromatic rings. The minimum absolute atomic E-state index is 0.0709. The van der Waals surface area contributed by atoms with Crippen LogP contribution < -0.4 is 4.74 Å². The van der Waals surface area contributed by atoms with Crippen LogP contribution in [0.4, 0.5) is 4.39 Å². The van der Waals surface area contributed by atoms with E-state index in [0.29, 0.717) is 11.8 Å². The largest absolute Gasteiger partial charge is 0.497 e. The summed E-state index contributed by atoms with van der Waals surface area (Å²) in [6.07, 6.45) is 4.17. The molecule has 0 atom stereocenters. The SMILES string of the molecule is COc1ccc(/C=C/c2ccc(C=O)c(F)c2)cc1. The van der Waals surface area contributed by atoms with Gasteiger partial charge in [0.1, 0.15) is 11.6 Å². The summed E-state index contributed by atoms with van der Waals surface area (Å²) in [5.74, 6) is 0.283. The molecule has 96 valence electrons. The highest BCUT2D eigenvalue weighted by Crippen LogP contribution is 2.15. The van der Waals surface area contributed by atoms with Crippen molar-refractivity contribution in [2.24, 2.45) is 0 Å². The van der Waals surface area contributed by atoms with Gasteiger partial charge in [0.2, 0.25) is 0 Å². The molecule has 0 aliphatic heterocycles. The molecule has 2 rings (SSSR count). The Balaban J connectivity index is 2.17. The Morgan fingerprint density at radius 3 is 2.21 bits per heavy atom. The Hall–Kier alpha value is -2.42. The van der Waals surface area contributed by atoms with Crippen molar-refractivity contribution >= 4 is 18.4 Å². The fourth-order valence-corrected chi connectivity index (χ4v) is 1.65. The van der Waals surface area contributed by atoms with E-state index >= 15 is 0 Å². The van der Waals surface area contributed by atoms with E-state index in [-0.39, 0.29) is 5.56 Å². The lowest BCUT2D eigenvalue weighted by atomic mass is 10.1. The molecule has 19 heavy (non-hydrogen) atoms. The van der Waals surface area contributed by atoms with Crippen LogP contribution in [0.1, 0.15) is 21.5 Å². The summed E-state index contributed by atoms with van der Waals surface area (Å²) in [4.78, 5) is 10.5. The Morgan fingerprint density at radius 2 is 1.63 bits per heavy atom. The van der Waals surface area contributed by atoms with Gasteiger partial charge < -0.3 is 4.74 Å². The zero-order valence-corrected chi connectivity index (χ0v) is 10.5. The maximum Gasteiger partial charge on any atom is 0.152 e. The van der Waals surface area contributed by atoms with Gasteiger partial charge in [0.25, 0.3) is 0 Å². The van der Waals surface area contributed by atoms with E-state index in [9.17, 15) is 9.18 Å². The first-order valence-electron chi connectivity index (χ1n) is 5.80. The predicted octanol–water partition coefficient (Wildman–Crippen LogP) is 3.82. The van der Waals surface area contributed by atoms with Gasteiger partial charge in [0, 0.05) is 0 Å². The first-order valence-corrected chi connectivity index (χ1v) is 5.80. The number of carbonyl (C=O) groups is 1. The number of methoxy groups -OCH3 is 1. The summed E-state index contributed by atoms with van der Waals surface area (Å²) in [6, 6.07) is 12.0. The molecule has 0 unspecified atom stereocenters. The third-order valence-electron chi connectivity index (χ3n) is 2.74. The summed E-state index contributed by atoms with van der Waals surface area (Å²) in [5, 5.41) is 0. The van der Waals surface area contributed by atoms with Gasteiger partial charge in [-0.25, -0.2) is 4.39 Å². The zero-order valence-electron chi connectivity index (χ0n) is 10.5. The number of carbonyl (C=O) groups excluding carboxylic acids is 1. The average Bonchev–Trinajstić information content (AvgIpc) is 2.46. The van der Waals surface area contributed by atoms with Crippen LogP contribution in [0, 0.1) is 5.82 Å². The van der Waals surface area contributed by atoms with Crippen molar-refractivity contribution < 1.29 is 13.9 Å². The Labute approximate surface area is 111 Å². The molecule has 2 nitrogen and oxygen atoms in total. The molecular formula is C16H13FO2. The molecule has 3 heteroatoms. The molecule has 0 heterocycles. The number of halogens is 1. The first-order chi connectivity index (χ1) is 9.22. The van der Waals surface area contributed by atoms with Gasteiger partial charge in [-0.2, -0.15) is 0 Å². The highest BCUT2D eigenvalue weighted by atomic mass is 19.1. The van der Waals surface area contributed by atoms with Gasteiger partial charge >= 0.3 is 0 Å². The third kappa shape index (κ3) is 3.28. The molecule has 0 aromatic heterocycles. The van der Waals surface area contributed by atoms with Crippen LogP contribution >= 0.6 is 0 Å². The fourth-order valence-electron chi connectivity index (χ4n) is 1.65. The smallest absolute Gasteiger partial charge is 0.152 e. The number of rotatable bonds is 4. The third-order valence-corrected chi connectivity index (χ3v) is 2.74. The summed E-state index contributed by atoms with van der Waals surface area (Å²) in [7, 11) is 1.61. The fraction of sp³-hybridized carbons (Fsp3) is 0.0625. The molecular weight excluding hydrogens is 243 g/mol. The van der Waals surface area contributed by atoms with Crippen molar-refractivity contribution in [3.63, 3.8) is 0 Å². The van der Waals surface area contributed by atoms with Gasteiger partial charge in [-0.1, -0.05) is 30.4 Å². The zero-order chi connectivity index (χ0) is 13.7. The van der Waals surface area contributed by atoms with Crippen LogP contribution in [0.25, 0.3) is 12.2 Å². The summed E-state index contributed by atoms with van der Waals surface area (Å²) in [6.45, 7) is 0. The van der Waals surface area contributed by atoms with Crippen molar-refractivity contribution in [1.82, 2.24) is 0 Å². The van der Waals surface area contributed by atoms with E-state index in [2.05, 4.69) is 0 Å². The van der Waals surface area contributed by atoms with Crippen LogP contribution in [0.3, 0.4) is 0 Å². The van der Waals surface area contributed by atoms with Crippen LogP contribution in [0.2, 0.25) is 0 Å². The van der Waals surface area contributed by atoms with E-state index in [1.807, 2.05) is 30.3 Å². The summed E-state index contributed by atoms with van der Waals surface area (Å²) < 4.78 is 18.5. The Morgan fingerprint density at radius 1 is 1.00 bits per heavy atom. The molecule has 0 bridgehead atoms. The van der Waals surface area contributed by atoms with E-state index in [1.165, 1.54) is 12.1 Å². The molecule has 0 fully saturated rings. The van der Waals surface area contributed by atoms with Crippen LogP contribution in [-0.4, -0.2) is 13.4 Å². The van der Waals surface area contributed by atoms with Crippen molar-refractivity contribution in [3.8, 4) is 5.75 Å². The average molecular weight is 256 g/mol. The standard InChI is InChI=1S/C16H13FO2/c1-19-15-8-5-12(6-9-15)2-3-13-4-7-14(11-18)16(17)10-13/h2-11H,1H3/b3-2+. The van der Waals surface area contributed by atoms with Crippen LogP contribution in [-0.2, 0) is 0 Å². The lowest BCUT2D eigenvalue weighted by Crippen LogP contribution is -1.87. The minimum Gasteiger partial charge on any atom is -0.497 e. The highest BCUT2D eigenvalue weighted by molar-refractivity contribution is 5.77. The van der Waals surface area contributed by atoms with Gasteiger partial charge in [-0.3, -0.25) is 4.79 Å². The molecule has 0 aliphatic rings. The van der Waals surface area contributed by atoms with E-state index in [0.717, 1.165) is 11.3 Å². The van der Waals surface area contributed by atoms with Gasteiger partial charge in [-0.05, 0) is 35.4 Å². The van der Waals surface area contributed by atoms with Crippen molar-refractivity contribution in [2.45, 2.75) is 0 Å². The van der Waals surface area contributed by atoms with Crippen LogP contribution in [0.15, 0.2) is 42.5 Å². The number of hydrogen-bond acceptors (Lipinski definition) is 2. The molecule has 0 amide bonds. The molecule has 2 aromatic carbocycles. The predicted molar refractivity (Wildman–Crippen MR) is 73.7 cm³/mol. The quantitative estimate of drug-likeness (QED) is 0.614. The van der Waals surface area contributed by atoms with Gasteiger partial charge in [-0.15, -0.1) is 0 Å². The first kappa shape index (κ1) is 13.0. The number of ether oxygens (including phenoxy) is 1. The second-order valence-corrected chi connectivity index (χ2v) is 4.01. The van der Waals surface area contributed by atoms with Crippen molar-refractivity contribution in [3.05, 3.63) is 65.0 Å². The van der Waals surface area contributed by atoms with Crippen molar-refractivity contribution in [2.75, 3.05) is 7.11 Å². The van der Waals surface area contributed by atoms with Crippen LogP contribution in [0.5, 0.6) is 5.75 Å². The lowest BCUT2D eigenvalue weighted by Gasteiger charge is -2.00. The Kier molecular flexibility index (Phi) is 4.08. The molecule has 0 aliphatic carbocycles. The maximum absolute atomic E-state index is 13.4. The van der Waals surface area contributed by atoms with Gasteiger partial charge in [0.15, 0.2) is 6.29 Å². The molecule has 0 radical (unpaired) electrons. The topological polar surface area (TPSA) is 26.3 Å². The monoisotopic (exact) mass is 256 g/mol. The van der Waals surface area contributed by atoms with E-state index in [1.54, 1.807) is 19.3 Å². The minimum atomic E-state index is -0.508. The molecule has 0 spiro atoms. The van der Waals surface area contributed by atoms with E-state index in [4.69, 9.17) is 4.74 Å². The lowest BCUT2D eigenvalue weighted by molar-refractivity contribution is 0.112. The van der Waals surface area contributed by atoms with Crippen molar-refractivity contribution in [1.29, 1.82) is 0 Å². The molecule has 0 saturated carbocycles. The summed E-state index contributed by atoms with van der Waals surface area (Å²) >= 11 is 0.